The molecule has 0 spiro atoms. The number of esters is 1. The van der Waals surface area contributed by atoms with Gasteiger partial charge in [-0.25, -0.2) is 4.68 Å². The average Bonchev–Trinajstić information content (AvgIpc) is 3.12. The third-order valence-electron chi connectivity index (χ3n) is 4.58. The molecule has 2 amide bonds. The Labute approximate surface area is 195 Å². The van der Waals surface area contributed by atoms with Gasteiger partial charge in [-0.15, -0.1) is 5.10 Å². The molecule has 0 unspecified atom stereocenters. The first-order valence-corrected chi connectivity index (χ1v) is 11.1. The Bertz CT molecular complexity index is 934. The molecule has 9 nitrogen and oxygen atoms in total. The van der Waals surface area contributed by atoms with Crippen molar-refractivity contribution in [2.24, 2.45) is 5.92 Å². The van der Waals surface area contributed by atoms with Crippen molar-refractivity contribution < 1.29 is 19.1 Å². The average molecular weight is 458 g/mol. The number of benzene rings is 1. The largest absolute Gasteiger partial charge is 0.459 e. The van der Waals surface area contributed by atoms with Gasteiger partial charge >= 0.3 is 5.97 Å². The molecule has 0 atom stereocenters. The van der Waals surface area contributed by atoms with Crippen molar-refractivity contribution in [3.8, 4) is 0 Å². The lowest BCUT2D eigenvalue weighted by Gasteiger charge is -2.28. The first-order valence-electron chi connectivity index (χ1n) is 11.1. The van der Waals surface area contributed by atoms with Gasteiger partial charge in [0.1, 0.15) is 17.8 Å². The Morgan fingerprint density at radius 2 is 1.73 bits per heavy atom. The molecule has 0 N–H and O–H groups in total. The van der Waals surface area contributed by atoms with Crippen LogP contribution in [0, 0.1) is 5.92 Å². The maximum absolute atomic E-state index is 13.1. The molecule has 180 valence electrons. The summed E-state index contributed by atoms with van der Waals surface area (Å²) in [7, 11) is 0. The molecule has 0 fully saturated rings. The van der Waals surface area contributed by atoms with E-state index in [2.05, 4.69) is 10.3 Å². The van der Waals surface area contributed by atoms with Gasteiger partial charge < -0.3 is 14.5 Å². The zero-order valence-corrected chi connectivity index (χ0v) is 20.4. The van der Waals surface area contributed by atoms with Crippen molar-refractivity contribution in [3.63, 3.8) is 0 Å². The second-order valence-corrected chi connectivity index (χ2v) is 9.52. The number of amides is 2. The molecule has 2 aromatic rings. The van der Waals surface area contributed by atoms with Crippen LogP contribution in [0.3, 0.4) is 0 Å². The van der Waals surface area contributed by atoms with Gasteiger partial charge in [0.25, 0.3) is 0 Å². The molecular weight excluding hydrogens is 422 g/mol. The fraction of sp³-hybridized carbons (Fsp3) is 0.542. The molecule has 0 aliphatic carbocycles. The van der Waals surface area contributed by atoms with Crippen LogP contribution in [0.4, 0.5) is 0 Å². The van der Waals surface area contributed by atoms with Gasteiger partial charge in [0, 0.05) is 13.5 Å². The van der Waals surface area contributed by atoms with E-state index in [1.54, 1.807) is 31.6 Å². The number of rotatable bonds is 10. The lowest BCUT2D eigenvalue weighted by molar-refractivity contribution is -0.159. The van der Waals surface area contributed by atoms with E-state index in [4.69, 9.17) is 4.74 Å². The van der Waals surface area contributed by atoms with Crippen LogP contribution in [0.25, 0.3) is 0 Å². The molecule has 0 radical (unpaired) electrons. The zero-order chi connectivity index (χ0) is 24.6. The standard InChI is InChI=1S/C24H35N5O4/c1-18(2)12-27(19(3)30)16-22(31)28(17-23(32)33-24(4,5)6)14-21-15-29(26-25-21)13-20-10-8-7-9-11-20/h7-11,15,18H,12-14,16-17H2,1-6H3. The van der Waals surface area contributed by atoms with Crippen LogP contribution in [0.5, 0.6) is 0 Å². The molecule has 0 saturated carbocycles. The summed E-state index contributed by atoms with van der Waals surface area (Å²) in [5, 5.41) is 8.30. The van der Waals surface area contributed by atoms with Crippen molar-refractivity contribution in [2.45, 2.75) is 60.2 Å². The van der Waals surface area contributed by atoms with Crippen molar-refractivity contribution in [1.29, 1.82) is 0 Å². The molecule has 1 aromatic heterocycles. The van der Waals surface area contributed by atoms with Gasteiger partial charge in [-0.2, -0.15) is 0 Å². The second-order valence-electron chi connectivity index (χ2n) is 9.52. The molecule has 9 heteroatoms. The van der Waals surface area contributed by atoms with Gasteiger partial charge in [-0.3, -0.25) is 14.4 Å². The van der Waals surface area contributed by atoms with Gasteiger partial charge in [0.15, 0.2) is 0 Å². The number of nitrogens with zero attached hydrogens (tertiary/aromatic N) is 5. The Kier molecular flexibility index (Phi) is 9.13. The zero-order valence-electron chi connectivity index (χ0n) is 20.4. The van der Waals surface area contributed by atoms with Gasteiger partial charge in [-0.1, -0.05) is 49.4 Å². The minimum Gasteiger partial charge on any atom is -0.459 e. The van der Waals surface area contributed by atoms with Crippen LogP contribution in [-0.2, 0) is 32.2 Å². The number of hydrogen-bond acceptors (Lipinski definition) is 6. The molecule has 0 aliphatic rings. The Morgan fingerprint density at radius 3 is 2.30 bits per heavy atom. The lowest BCUT2D eigenvalue weighted by atomic mass is 10.2. The third kappa shape index (κ3) is 9.43. The Hall–Kier alpha value is -3.23. The molecule has 2 rings (SSSR count). The van der Waals surface area contributed by atoms with Crippen molar-refractivity contribution >= 4 is 17.8 Å². The molecule has 1 aromatic carbocycles. The molecule has 1 heterocycles. The van der Waals surface area contributed by atoms with Crippen LogP contribution in [0.15, 0.2) is 36.5 Å². The maximum Gasteiger partial charge on any atom is 0.326 e. The maximum atomic E-state index is 13.1. The fourth-order valence-corrected chi connectivity index (χ4v) is 3.22. The van der Waals surface area contributed by atoms with E-state index in [1.165, 1.54) is 16.7 Å². The monoisotopic (exact) mass is 457 g/mol. The highest BCUT2D eigenvalue weighted by molar-refractivity contribution is 5.86. The van der Waals surface area contributed by atoms with E-state index in [-0.39, 0.29) is 37.4 Å². The highest BCUT2D eigenvalue weighted by atomic mass is 16.6. The predicted molar refractivity (Wildman–Crippen MR) is 124 cm³/mol. The van der Waals surface area contributed by atoms with E-state index in [9.17, 15) is 14.4 Å². The molecule has 0 bridgehead atoms. The minimum absolute atomic E-state index is 0.0836. The summed E-state index contributed by atoms with van der Waals surface area (Å²) < 4.78 is 7.08. The van der Waals surface area contributed by atoms with Crippen LogP contribution < -0.4 is 0 Å². The SMILES string of the molecule is CC(=O)N(CC(=O)N(CC(=O)OC(C)(C)C)Cc1cn(Cc2ccccc2)nn1)CC(C)C. The summed E-state index contributed by atoms with van der Waals surface area (Å²) in [6, 6.07) is 9.83. The van der Waals surface area contributed by atoms with E-state index in [1.807, 2.05) is 44.2 Å². The number of carbonyl (C=O) groups excluding carboxylic acids is 3. The molecular formula is C24H35N5O4. The summed E-state index contributed by atoms with van der Waals surface area (Å²) in [6.07, 6.45) is 1.75. The summed E-state index contributed by atoms with van der Waals surface area (Å²) in [4.78, 5) is 40.5. The smallest absolute Gasteiger partial charge is 0.326 e. The van der Waals surface area contributed by atoms with Crippen molar-refractivity contribution in [3.05, 3.63) is 47.8 Å². The third-order valence-corrected chi connectivity index (χ3v) is 4.58. The quantitative estimate of drug-likeness (QED) is 0.509. The van der Waals surface area contributed by atoms with Crippen molar-refractivity contribution in [2.75, 3.05) is 19.6 Å². The number of carbonyl (C=O) groups is 3. The van der Waals surface area contributed by atoms with Crippen LogP contribution >= 0.6 is 0 Å². The van der Waals surface area contributed by atoms with E-state index < -0.39 is 11.6 Å². The van der Waals surface area contributed by atoms with E-state index in [0.29, 0.717) is 18.8 Å². The van der Waals surface area contributed by atoms with E-state index >= 15 is 0 Å². The number of aromatic nitrogens is 3. The summed E-state index contributed by atoms with van der Waals surface area (Å²) in [5.74, 6) is -0.859. The lowest BCUT2D eigenvalue weighted by Crippen LogP contribution is -2.45. The predicted octanol–water partition coefficient (Wildman–Crippen LogP) is 2.50. The van der Waals surface area contributed by atoms with Gasteiger partial charge in [0.05, 0.1) is 25.8 Å². The van der Waals surface area contributed by atoms with Crippen LogP contribution in [0.2, 0.25) is 0 Å². The Morgan fingerprint density at radius 1 is 1.06 bits per heavy atom. The van der Waals surface area contributed by atoms with Gasteiger partial charge in [0.2, 0.25) is 11.8 Å². The van der Waals surface area contributed by atoms with Crippen LogP contribution in [0.1, 0.15) is 52.8 Å². The first-order chi connectivity index (χ1) is 15.4. The topological polar surface area (TPSA) is 97.6 Å². The highest BCUT2D eigenvalue weighted by Crippen LogP contribution is 2.11. The second kappa shape index (κ2) is 11.6. The molecule has 0 saturated heterocycles. The Balaban J connectivity index is 2.15. The number of ether oxygens (including phenoxy) is 1. The highest BCUT2D eigenvalue weighted by Gasteiger charge is 2.25. The summed E-state index contributed by atoms with van der Waals surface area (Å²) in [6.45, 7) is 11.4. The van der Waals surface area contributed by atoms with E-state index in [0.717, 1.165) is 5.56 Å². The van der Waals surface area contributed by atoms with Crippen molar-refractivity contribution in [1.82, 2.24) is 24.8 Å². The first kappa shape index (κ1) is 26.0. The van der Waals surface area contributed by atoms with Crippen LogP contribution in [-0.4, -0.2) is 67.8 Å². The molecule has 0 aliphatic heterocycles. The summed E-state index contributed by atoms with van der Waals surface area (Å²) in [5.41, 5.74) is 0.940. The molecule has 33 heavy (non-hydrogen) atoms. The number of hydrogen-bond donors (Lipinski definition) is 0. The normalized spacial score (nSPS) is 11.4. The van der Waals surface area contributed by atoms with Gasteiger partial charge in [-0.05, 0) is 32.3 Å². The summed E-state index contributed by atoms with van der Waals surface area (Å²) >= 11 is 0. The fourth-order valence-electron chi connectivity index (χ4n) is 3.22. The minimum atomic E-state index is -0.673.